The van der Waals surface area contributed by atoms with Gasteiger partial charge in [-0.25, -0.2) is 0 Å². The summed E-state index contributed by atoms with van der Waals surface area (Å²) in [6.07, 6.45) is 1.29. The van der Waals surface area contributed by atoms with Crippen LogP contribution in [0.2, 0.25) is 0 Å². The molecule has 1 amide bonds. The van der Waals surface area contributed by atoms with Gasteiger partial charge in [0.2, 0.25) is 5.91 Å². The Morgan fingerprint density at radius 3 is 2.31 bits per heavy atom. The molecule has 0 aromatic heterocycles. The van der Waals surface area contributed by atoms with Crippen LogP contribution in [0.5, 0.6) is 0 Å². The maximum atomic E-state index is 11.5. The minimum Gasteiger partial charge on any atom is -0.354 e. The second kappa shape index (κ2) is 7.63. The summed E-state index contributed by atoms with van der Waals surface area (Å²) < 4.78 is 0. The fourth-order valence-electron chi connectivity index (χ4n) is 1.86. The predicted octanol–water partition coefficient (Wildman–Crippen LogP) is 0.962. The highest BCUT2D eigenvalue weighted by atomic mass is 16.1. The number of nitrogens with zero attached hydrogens (tertiary/aromatic N) is 1. The third kappa shape index (κ3) is 5.47. The van der Waals surface area contributed by atoms with E-state index < -0.39 is 0 Å². The van der Waals surface area contributed by atoms with Gasteiger partial charge in [0.05, 0.1) is 0 Å². The van der Waals surface area contributed by atoms with E-state index in [0.29, 0.717) is 19.5 Å². The maximum absolute atomic E-state index is 11.5. The molecule has 0 radical (unpaired) electrons. The molecule has 0 saturated carbocycles. The first-order chi connectivity index (χ1) is 7.47. The molecule has 0 atom stereocenters. The Kier molecular flexibility index (Phi) is 7.34. The van der Waals surface area contributed by atoms with Crippen molar-refractivity contribution in [2.24, 2.45) is 5.73 Å². The molecule has 0 spiro atoms. The Labute approximate surface area is 99.6 Å². The summed E-state index contributed by atoms with van der Waals surface area (Å²) in [6, 6.07) is 0. The van der Waals surface area contributed by atoms with E-state index in [1.165, 1.54) is 0 Å². The standard InChI is InChI=1S/C12H27N3O/c1-5-15(6-2)12(3,4)10-14-11(16)8-7-9-13/h5-10,13H2,1-4H3,(H,14,16). The lowest BCUT2D eigenvalue weighted by molar-refractivity contribution is -0.121. The number of carbonyl (C=O) groups is 1. The molecule has 0 aliphatic heterocycles. The van der Waals surface area contributed by atoms with Gasteiger partial charge < -0.3 is 11.1 Å². The quantitative estimate of drug-likeness (QED) is 0.652. The van der Waals surface area contributed by atoms with Gasteiger partial charge in [0, 0.05) is 18.5 Å². The van der Waals surface area contributed by atoms with Gasteiger partial charge in [-0.1, -0.05) is 13.8 Å². The van der Waals surface area contributed by atoms with Crippen molar-refractivity contribution in [2.75, 3.05) is 26.2 Å². The lowest BCUT2D eigenvalue weighted by atomic mass is 10.0. The van der Waals surface area contributed by atoms with Crippen molar-refractivity contribution in [1.29, 1.82) is 0 Å². The maximum Gasteiger partial charge on any atom is 0.220 e. The summed E-state index contributed by atoms with van der Waals surface area (Å²) in [4.78, 5) is 13.8. The highest BCUT2D eigenvalue weighted by Crippen LogP contribution is 2.12. The Morgan fingerprint density at radius 2 is 1.88 bits per heavy atom. The summed E-state index contributed by atoms with van der Waals surface area (Å²) in [5, 5.41) is 2.97. The number of rotatable bonds is 8. The number of nitrogens with two attached hydrogens (primary N) is 1. The molecular weight excluding hydrogens is 202 g/mol. The number of carbonyl (C=O) groups excluding carboxylic acids is 1. The van der Waals surface area contributed by atoms with Gasteiger partial charge in [-0.05, 0) is 39.9 Å². The monoisotopic (exact) mass is 229 g/mol. The molecule has 0 rings (SSSR count). The first-order valence-electron chi connectivity index (χ1n) is 6.19. The zero-order chi connectivity index (χ0) is 12.6. The Bertz CT molecular complexity index is 200. The van der Waals surface area contributed by atoms with Crippen LogP contribution in [0.1, 0.15) is 40.5 Å². The third-order valence-electron chi connectivity index (χ3n) is 2.95. The summed E-state index contributed by atoms with van der Waals surface area (Å²) in [6.45, 7) is 11.9. The second-order valence-corrected chi connectivity index (χ2v) is 4.65. The second-order valence-electron chi connectivity index (χ2n) is 4.65. The van der Waals surface area contributed by atoms with Crippen LogP contribution < -0.4 is 11.1 Å². The third-order valence-corrected chi connectivity index (χ3v) is 2.95. The van der Waals surface area contributed by atoms with Gasteiger partial charge in [0.15, 0.2) is 0 Å². The number of likely N-dealkylation sites (N-methyl/N-ethyl adjacent to an activating group) is 1. The van der Waals surface area contributed by atoms with E-state index in [4.69, 9.17) is 5.73 Å². The minimum atomic E-state index is 0.0157. The van der Waals surface area contributed by atoms with E-state index in [-0.39, 0.29) is 11.4 Å². The molecule has 0 unspecified atom stereocenters. The topological polar surface area (TPSA) is 58.4 Å². The Morgan fingerprint density at radius 1 is 1.31 bits per heavy atom. The van der Waals surface area contributed by atoms with E-state index in [1.807, 2.05) is 0 Å². The molecule has 3 N–H and O–H groups in total. The first-order valence-corrected chi connectivity index (χ1v) is 6.19. The fourth-order valence-corrected chi connectivity index (χ4v) is 1.86. The van der Waals surface area contributed by atoms with Gasteiger partial charge in [0.1, 0.15) is 0 Å². The molecule has 0 bridgehead atoms. The van der Waals surface area contributed by atoms with Gasteiger partial charge in [0.25, 0.3) is 0 Å². The molecule has 0 heterocycles. The van der Waals surface area contributed by atoms with E-state index in [2.05, 4.69) is 37.9 Å². The Hall–Kier alpha value is -0.610. The Balaban J connectivity index is 4.01. The summed E-state index contributed by atoms with van der Waals surface area (Å²) in [5.74, 6) is 0.102. The molecule has 16 heavy (non-hydrogen) atoms. The number of amides is 1. The van der Waals surface area contributed by atoms with Crippen LogP contribution in [0.4, 0.5) is 0 Å². The van der Waals surface area contributed by atoms with Crippen LogP contribution in [0.3, 0.4) is 0 Å². The smallest absolute Gasteiger partial charge is 0.220 e. The van der Waals surface area contributed by atoms with Crippen molar-refractivity contribution >= 4 is 5.91 Å². The molecule has 0 aliphatic rings. The highest BCUT2D eigenvalue weighted by Gasteiger charge is 2.24. The summed E-state index contributed by atoms with van der Waals surface area (Å²) in [7, 11) is 0. The lowest BCUT2D eigenvalue weighted by Gasteiger charge is -2.37. The number of hydrogen-bond donors (Lipinski definition) is 2. The zero-order valence-corrected chi connectivity index (χ0v) is 11.2. The SMILES string of the molecule is CCN(CC)C(C)(C)CNC(=O)CCCN. The average molecular weight is 229 g/mol. The molecule has 4 nitrogen and oxygen atoms in total. The van der Waals surface area contributed by atoms with Crippen molar-refractivity contribution in [3.8, 4) is 0 Å². The minimum absolute atomic E-state index is 0.0157. The lowest BCUT2D eigenvalue weighted by Crippen LogP contribution is -2.51. The van der Waals surface area contributed by atoms with E-state index in [1.54, 1.807) is 0 Å². The van der Waals surface area contributed by atoms with Crippen molar-refractivity contribution < 1.29 is 4.79 Å². The van der Waals surface area contributed by atoms with Crippen LogP contribution in [0.25, 0.3) is 0 Å². The van der Waals surface area contributed by atoms with Crippen molar-refractivity contribution in [3.05, 3.63) is 0 Å². The molecule has 96 valence electrons. The molecule has 4 heteroatoms. The number of nitrogens with one attached hydrogen (secondary N) is 1. The highest BCUT2D eigenvalue weighted by molar-refractivity contribution is 5.75. The van der Waals surface area contributed by atoms with E-state index in [0.717, 1.165) is 19.5 Å². The average Bonchev–Trinajstić information content (AvgIpc) is 2.25. The predicted molar refractivity (Wildman–Crippen MR) is 68.3 cm³/mol. The van der Waals surface area contributed by atoms with Gasteiger partial charge in [-0.15, -0.1) is 0 Å². The molecule has 0 aromatic rings. The molecule has 0 saturated heterocycles. The molecular formula is C12H27N3O. The number of hydrogen-bond acceptors (Lipinski definition) is 3. The van der Waals surface area contributed by atoms with Crippen LogP contribution in [0, 0.1) is 0 Å². The summed E-state index contributed by atoms with van der Waals surface area (Å²) >= 11 is 0. The van der Waals surface area contributed by atoms with Gasteiger partial charge in [-0.3, -0.25) is 9.69 Å². The van der Waals surface area contributed by atoms with Crippen molar-refractivity contribution in [2.45, 2.75) is 46.1 Å². The van der Waals surface area contributed by atoms with Crippen LogP contribution in [0.15, 0.2) is 0 Å². The first kappa shape index (κ1) is 15.4. The van der Waals surface area contributed by atoms with Gasteiger partial charge in [-0.2, -0.15) is 0 Å². The van der Waals surface area contributed by atoms with Gasteiger partial charge >= 0.3 is 0 Å². The molecule has 0 aromatic carbocycles. The van der Waals surface area contributed by atoms with Crippen LogP contribution >= 0.6 is 0 Å². The van der Waals surface area contributed by atoms with Crippen molar-refractivity contribution in [3.63, 3.8) is 0 Å². The van der Waals surface area contributed by atoms with E-state index >= 15 is 0 Å². The van der Waals surface area contributed by atoms with E-state index in [9.17, 15) is 4.79 Å². The van der Waals surface area contributed by atoms with Crippen LogP contribution in [-0.4, -0.2) is 42.5 Å². The largest absolute Gasteiger partial charge is 0.354 e. The molecule has 0 fully saturated rings. The van der Waals surface area contributed by atoms with Crippen LogP contribution in [-0.2, 0) is 4.79 Å². The normalized spacial score (nSPS) is 11.9. The van der Waals surface area contributed by atoms with Crippen molar-refractivity contribution in [1.82, 2.24) is 10.2 Å². The fraction of sp³-hybridized carbons (Fsp3) is 0.917. The zero-order valence-electron chi connectivity index (χ0n) is 11.2. The summed E-state index contributed by atoms with van der Waals surface area (Å²) in [5.41, 5.74) is 5.38. The molecule has 0 aliphatic carbocycles.